The minimum atomic E-state index is -2.47. The summed E-state index contributed by atoms with van der Waals surface area (Å²) in [6, 6.07) is 35.4. The second-order valence-corrected chi connectivity index (χ2v) is 12.3. The Morgan fingerprint density at radius 2 is 0.828 bits per heavy atom. The fourth-order valence-corrected chi connectivity index (χ4v) is 8.97. The minimum Gasteiger partial charge on any atom is -0.399 e. The van der Waals surface area contributed by atoms with Crippen LogP contribution in [0.3, 0.4) is 0 Å². The summed E-state index contributed by atoms with van der Waals surface area (Å²) < 4.78 is 1.09. The predicted octanol–water partition coefficient (Wildman–Crippen LogP) is 4.03. The van der Waals surface area contributed by atoms with Crippen molar-refractivity contribution in [3.63, 3.8) is 0 Å². The molecule has 0 aliphatic heterocycles. The number of hydrogen-bond donors (Lipinski definition) is 1. The molecule has 29 heavy (non-hydrogen) atoms. The van der Waals surface area contributed by atoms with Crippen molar-refractivity contribution in [2.45, 2.75) is 13.8 Å². The number of rotatable bonds is 4. The molecule has 0 amide bonds. The summed E-state index contributed by atoms with van der Waals surface area (Å²) in [5, 5.41) is 5.44. The lowest BCUT2D eigenvalue weighted by Crippen LogP contribution is -2.74. The third-order valence-corrected chi connectivity index (χ3v) is 10.9. The number of halogens is 1. The van der Waals surface area contributed by atoms with Gasteiger partial charge in [0.2, 0.25) is 0 Å². The maximum atomic E-state index is 6.05. The maximum absolute atomic E-state index is 6.05. The van der Waals surface area contributed by atoms with E-state index in [1.807, 2.05) is 12.1 Å². The average molecular weight is 458 g/mol. The van der Waals surface area contributed by atoms with Gasteiger partial charge in [0.25, 0.3) is 0 Å². The summed E-state index contributed by atoms with van der Waals surface area (Å²) in [4.78, 5) is 0. The Bertz CT molecular complexity index is 912. The molecule has 0 fully saturated rings. The smallest absolute Gasteiger partial charge is 0.179 e. The van der Waals surface area contributed by atoms with Crippen LogP contribution >= 0.6 is 15.9 Å². The first-order valence-corrected chi connectivity index (χ1v) is 12.6. The summed E-state index contributed by atoms with van der Waals surface area (Å²) >= 11 is 3.61. The molecule has 1 nitrogen and oxygen atoms in total. The Labute approximate surface area is 182 Å². The Hall–Kier alpha value is -2.62. The SMILES string of the molecule is Cc1ccc([Si](c2ccc(C)cc2)(c2ccc(N)cc2)c2ccc(Br)cc2)cc1. The predicted molar refractivity (Wildman–Crippen MR) is 132 cm³/mol. The van der Waals surface area contributed by atoms with Crippen LogP contribution in [0.5, 0.6) is 0 Å². The highest BCUT2D eigenvalue weighted by Gasteiger charge is 2.41. The van der Waals surface area contributed by atoms with E-state index in [2.05, 4.69) is 115 Å². The van der Waals surface area contributed by atoms with Gasteiger partial charge in [0.15, 0.2) is 8.07 Å². The zero-order valence-electron chi connectivity index (χ0n) is 16.7. The van der Waals surface area contributed by atoms with Crippen molar-refractivity contribution >= 4 is 50.4 Å². The monoisotopic (exact) mass is 457 g/mol. The van der Waals surface area contributed by atoms with Crippen LogP contribution in [0.15, 0.2) is 102 Å². The molecule has 3 heteroatoms. The molecule has 0 saturated heterocycles. The number of nitrogens with two attached hydrogens (primary N) is 1. The van der Waals surface area contributed by atoms with E-state index in [4.69, 9.17) is 5.73 Å². The highest BCUT2D eigenvalue weighted by molar-refractivity contribution is 9.10. The highest BCUT2D eigenvalue weighted by Crippen LogP contribution is 2.14. The maximum Gasteiger partial charge on any atom is 0.179 e. The number of nitrogen functional groups attached to an aromatic ring is 1. The Kier molecular flexibility index (Phi) is 5.44. The van der Waals surface area contributed by atoms with Crippen molar-refractivity contribution in [3.05, 3.63) is 113 Å². The molecule has 2 N–H and O–H groups in total. The summed E-state index contributed by atoms with van der Waals surface area (Å²) in [7, 11) is -2.47. The lowest BCUT2D eigenvalue weighted by Gasteiger charge is -2.34. The number of anilines is 1. The van der Waals surface area contributed by atoms with Crippen molar-refractivity contribution in [2.75, 3.05) is 5.73 Å². The second-order valence-electron chi connectivity index (χ2n) is 7.61. The molecule has 4 aromatic carbocycles. The van der Waals surface area contributed by atoms with Crippen molar-refractivity contribution in [1.82, 2.24) is 0 Å². The summed E-state index contributed by atoms with van der Waals surface area (Å²) in [6.07, 6.45) is 0. The van der Waals surface area contributed by atoms with Gasteiger partial charge in [-0.05, 0) is 58.9 Å². The van der Waals surface area contributed by atoms with Crippen LogP contribution in [0.2, 0.25) is 0 Å². The van der Waals surface area contributed by atoms with Gasteiger partial charge < -0.3 is 5.73 Å². The quantitative estimate of drug-likeness (QED) is 0.279. The Balaban J connectivity index is 2.11. The van der Waals surface area contributed by atoms with E-state index in [0.29, 0.717) is 0 Å². The van der Waals surface area contributed by atoms with E-state index in [1.54, 1.807) is 0 Å². The standard InChI is InChI=1S/C26H24BrNSi/c1-19-3-11-23(12-4-19)29(24-13-5-20(2)6-14-24,25-15-7-21(27)8-16-25)26-17-9-22(28)10-18-26/h3-18H,28H2,1-2H3. The average Bonchev–Trinajstić information content (AvgIpc) is 2.73. The third kappa shape index (κ3) is 3.68. The van der Waals surface area contributed by atoms with Gasteiger partial charge in [0.05, 0.1) is 0 Å². The van der Waals surface area contributed by atoms with Crippen LogP contribution < -0.4 is 26.5 Å². The van der Waals surface area contributed by atoms with E-state index in [1.165, 1.54) is 31.9 Å². The molecule has 0 saturated carbocycles. The second kappa shape index (κ2) is 8.01. The van der Waals surface area contributed by atoms with Gasteiger partial charge in [-0.1, -0.05) is 99.9 Å². The molecule has 0 atom stereocenters. The highest BCUT2D eigenvalue weighted by atomic mass is 79.9. The molecular formula is C26H24BrNSi. The Morgan fingerprint density at radius 3 is 1.21 bits per heavy atom. The van der Waals surface area contributed by atoms with Crippen LogP contribution in [0.4, 0.5) is 5.69 Å². The lowest BCUT2D eigenvalue weighted by atomic mass is 10.2. The molecule has 0 radical (unpaired) electrons. The van der Waals surface area contributed by atoms with Crippen molar-refractivity contribution in [1.29, 1.82) is 0 Å². The number of benzene rings is 4. The van der Waals surface area contributed by atoms with Crippen LogP contribution in [-0.2, 0) is 0 Å². The molecule has 0 aromatic heterocycles. The Morgan fingerprint density at radius 1 is 0.517 bits per heavy atom. The van der Waals surface area contributed by atoms with Crippen LogP contribution in [0, 0.1) is 13.8 Å². The van der Waals surface area contributed by atoms with E-state index in [-0.39, 0.29) is 0 Å². The van der Waals surface area contributed by atoms with Crippen molar-refractivity contribution in [2.24, 2.45) is 0 Å². The van der Waals surface area contributed by atoms with E-state index in [0.717, 1.165) is 10.2 Å². The van der Waals surface area contributed by atoms with Gasteiger partial charge in [-0.25, -0.2) is 0 Å². The number of aryl methyl sites for hydroxylation is 2. The number of hydrogen-bond acceptors (Lipinski definition) is 1. The van der Waals surface area contributed by atoms with Gasteiger partial charge in [-0.3, -0.25) is 0 Å². The van der Waals surface area contributed by atoms with Crippen LogP contribution in [0.25, 0.3) is 0 Å². The van der Waals surface area contributed by atoms with Crippen molar-refractivity contribution in [3.8, 4) is 0 Å². The molecule has 0 spiro atoms. The topological polar surface area (TPSA) is 26.0 Å². The minimum absolute atomic E-state index is 0.792. The molecule has 0 aliphatic carbocycles. The molecule has 4 rings (SSSR count). The first kappa shape index (κ1) is 19.7. The molecule has 0 aliphatic rings. The normalized spacial score (nSPS) is 11.4. The largest absolute Gasteiger partial charge is 0.399 e. The molecule has 144 valence electrons. The lowest BCUT2D eigenvalue weighted by molar-refractivity contribution is 1.48. The van der Waals surface area contributed by atoms with Gasteiger partial charge in [0.1, 0.15) is 0 Å². The zero-order chi connectivity index (χ0) is 20.4. The van der Waals surface area contributed by atoms with Gasteiger partial charge in [-0.15, -0.1) is 0 Å². The van der Waals surface area contributed by atoms with Crippen molar-refractivity contribution < 1.29 is 0 Å². The molecule has 0 bridgehead atoms. The summed E-state index contributed by atoms with van der Waals surface area (Å²) in [5.41, 5.74) is 9.39. The van der Waals surface area contributed by atoms with Crippen LogP contribution in [0.1, 0.15) is 11.1 Å². The molecule has 0 heterocycles. The first-order chi connectivity index (χ1) is 14.0. The molecule has 0 unspecified atom stereocenters. The van der Waals surface area contributed by atoms with Gasteiger partial charge in [-0.2, -0.15) is 0 Å². The summed E-state index contributed by atoms with van der Waals surface area (Å²) in [6.45, 7) is 4.28. The molecular weight excluding hydrogens is 434 g/mol. The summed E-state index contributed by atoms with van der Waals surface area (Å²) in [5.74, 6) is 0. The fourth-order valence-electron chi connectivity index (χ4n) is 4.04. The first-order valence-electron chi connectivity index (χ1n) is 9.76. The fraction of sp³-hybridized carbons (Fsp3) is 0.0769. The van der Waals surface area contributed by atoms with Crippen LogP contribution in [-0.4, -0.2) is 8.07 Å². The van der Waals surface area contributed by atoms with E-state index >= 15 is 0 Å². The van der Waals surface area contributed by atoms with E-state index < -0.39 is 8.07 Å². The molecule has 4 aromatic rings. The zero-order valence-corrected chi connectivity index (χ0v) is 19.3. The van der Waals surface area contributed by atoms with Gasteiger partial charge >= 0.3 is 0 Å². The van der Waals surface area contributed by atoms with Gasteiger partial charge in [0, 0.05) is 10.2 Å². The third-order valence-electron chi connectivity index (χ3n) is 5.59. The van der Waals surface area contributed by atoms with E-state index in [9.17, 15) is 0 Å².